The van der Waals surface area contributed by atoms with Crippen LogP contribution in [0, 0.1) is 0 Å². The van der Waals surface area contributed by atoms with E-state index in [2.05, 4.69) is 22.2 Å². The van der Waals surface area contributed by atoms with Gasteiger partial charge in [0.1, 0.15) is 0 Å². The van der Waals surface area contributed by atoms with Gasteiger partial charge < -0.3 is 15.1 Å². The molecular formula is C22H23ClF3N3O. The van der Waals surface area contributed by atoms with Gasteiger partial charge >= 0.3 is 6.18 Å². The molecule has 0 unspecified atom stereocenters. The highest BCUT2D eigenvalue weighted by Gasteiger charge is 2.33. The molecule has 160 valence electrons. The third-order valence-corrected chi connectivity index (χ3v) is 5.34. The number of para-hydroxylation sites is 1. The van der Waals surface area contributed by atoms with Gasteiger partial charge in [-0.3, -0.25) is 4.79 Å². The maximum atomic E-state index is 13.0. The number of anilines is 1. The number of piperazine rings is 1. The van der Waals surface area contributed by atoms with Gasteiger partial charge in [-0.2, -0.15) is 13.2 Å². The maximum absolute atomic E-state index is 13.0. The van der Waals surface area contributed by atoms with Crippen LogP contribution in [-0.2, 0) is 17.5 Å². The molecule has 0 spiro atoms. The standard InChI is InChI=1S/C22H23ClF3N3O/c1-28-10-12-29(13-11-28)20-5-3-2-4-17(20)15-27-21(30)9-7-16-6-8-19(23)18(14-16)22(24,25)26/h2-9,14H,10-13,15H2,1H3,(H,27,30)/b9-7+. The molecular weight excluding hydrogens is 415 g/mol. The highest BCUT2D eigenvalue weighted by Crippen LogP contribution is 2.35. The number of amides is 1. The topological polar surface area (TPSA) is 35.6 Å². The number of nitrogens with zero attached hydrogens (tertiary/aromatic N) is 2. The number of carbonyl (C=O) groups is 1. The second-order valence-corrected chi connectivity index (χ2v) is 7.61. The van der Waals surface area contributed by atoms with Crippen LogP contribution in [0.3, 0.4) is 0 Å². The summed E-state index contributed by atoms with van der Waals surface area (Å²) >= 11 is 5.62. The molecule has 2 aromatic carbocycles. The first-order valence-electron chi connectivity index (χ1n) is 9.58. The zero-order valence-corrected chi connectivity index (χ0v) is 17.3. The summed E-state index contributed by atoms with van der Waals surface area (Å²) in [4.78, 5) is 16.8. The molecule has 1 N–H and O–H groups in total. The van der Waals surface area contributed by atoms with E-state index in [1.54, 1.807) is 0 Å². The van der Waals surface area contributed by atoms with Crippen molar-refractivity contribution in [1.82, 2.24) is 10.2 Å². The van der Waals surface area contributed by atoms with Crippen LogP contribution in [0.2, 0.25) is 5.02 Å². The summed E-state index contributed by atoms with van der Waals surface area (Å²) in [6, 6.07) is 11.4. The molecule has 1 aliphatic heterocycles. The van der Waals surface area contributed by atoms with Crippen molar-refractivity contribution in [2.75, 3.05) is 38.1 Å². The van der Waals surface area contributed by atoms with Crippen LogP contribution in [-0.4, -0.2) is 44.0 Å². The number of hydrogen-bond donors (Lipinski definition) is 1. The molecule has 1 fully saturated rings. The molecule has 0 saturated carbocycles. The molecule has 8 heteroatoms. The van der Waals surface area contributed by atoms with Gasteiger partial charge in [0.15, 0.2) is 0 Å². The summed E-state index contributed by atoms with van der Waals surface area (Å²) in [6.45, 7) is 4.12. The Hall–Kier alpha value is -2.51. The van der Waals surface area contributed by atoms with Gasteiger partial charge in [0, 0.05) is 44.5 Å². The average Bonchev–Trinajstić information content (AvgIpc) is 2.71. The predicted octanol–water partition coefficient (Wildman–Crippen LogP) is 4.44. The molecule has 0 radical (unpaired) electrons. The van der Waals surface area contributed by atoms with E-state index >= 15 is 0 Å². The molecule has 0 atom stereocenters. The average molecular weight is 438 g/mol. The smallest absolute Gasteiger partial charge is 0.369 e. The summed E-state index contributed by atoms with van der Waals surface area (Å²) in [5, 5.41) is 2.43. The number of likely N-dealkylation sites (N-methyl/N-ethyl adjacent to an activating group) is 1. The molecule has 4 nitrogen and oxygen atoms in total. The van der Waals surface area contributed by atoms with Crippen molar-refractivity contribution in [3.05, 3.63) is 70.3 Å². The van der Waals surface area contributed by atoms with Crippen molar-refractivity contribution in [2.24, 2.45) is 0 Å². The number of benzene rings is 2. The summed E-state index contributed by atoms with van der Waals surface area (Å²) in [6.07, 6.45) is -1.98. The lowest BCUT2D eigenvalue weighted by Gasteiger charge is -2.35. The summed E-state index contributed by atoms with van der Waals surface area (Å²) in [5.41, 5.74) is 1.41. The second-order valence-electron chi connectivity index (χ2n) is 7.21. The molecule has 3 rings (SSSR count). The van der Waals surface area contributed by atoms with Crippen molar-refractivity contribution >= 4 is 29.3 Å². The Morgan fingerprint density at radius 2 is 1.83 bits per heavy atom. The first-order chi connectivity index (χ1) is 14.2. The number of halogens is 4. The SMILES string of the molecule is CN1CCN(c2ccccc2CNC(=O)/C=C/c2ccc(Cl)c(C(F)(F)F)c2)CC1. The Kier molecular flexibility index (Phi) is 7.05. The van der Waals surface area contributed by atoms with Crippen molar-refractivity contribution < 1.29 is 18.0 Å². The van der Waals surface area contributed by atoms with Gasteiger partial charge in [-0.1, -0.05) is 35.9 Å². The molecule has 0 aliphatic carbocycles. The monoisotopic (exact) mass is 437 g/mol. The molecule has 30 heavy (non-hydrogen) atoms. The van der Waals surface area contributed by atoms with Gasteiger partial charge in [-0.25, -0.2) is 0 Å². The highest BCUT2D eigenvalue weighted by atomic mass is 35.5. The van der Waals surface area contributed by atoms with E-state index < -0.39 is 11.7 Å². The van der Waals surface area contributed by atoms with E-state index in [1.165, 1.54) is 24.3 Å². The Morgan fingerprint density at radius 3 is 2.53 bits per heavy atom. The molecule has 1 heterocycles. The molecule has 1 saturated heterocycles. The zero-order valence-electron chi connectivity index (χ0n) is 16.5. The maximum Gasteiger partial charge on any atom is 0.417 e. The first kappa shape index (κ1) is 22.2. The van der Waals surface area contributed by atoms with Crippen LogP contribution < -0.4 is 10.2 Å². The van der Waals surface area contributed by atoms with Crippen molar-refractivity contribution in [3.63, 3.8) is 0 Å². The van der Waals surface area contributed by atoms with Crippen LogP contribution >= 0.6 is 11.6 Å². The van der Waals surface area contributed by atoms with E-state index in [9.17, 15) is 18.0 Å². The quantitative estimate of drug-likeness (QED) is 0.702. The lowest BCUT2D eigenvalue weighted by Crippen LogP contribution is -2.45. The summed E-state index contributed by atoms with van der Waals surface area (Å²) in [7, 11) is 2.09. The van der Waals surface area contributed by atoms with Crippen LogP contribution in [0.1, 0.15) is 16.7 Å². The Balaban J connectivity index is 1.63. The molecule has 0 aromatic heterocycles. The van der Waals surface area contributed by atoms with E-state index in [-0.39, 0.29) is 16.5 Å². The fourth-order valence-electron chi connectivity index (χ4n) is 3.29. The highest BCUT2D eigenvalue weighted by molar-refractivity contribution is 6.31. The van der Waals surface area contributed by atoms with Crippen molar-refractivity contribution in [1.29, 1.82) is 0 Å². The van der Waals surface area contributed by atoms with Gasteiger partial charge in [0.25, 0.3) is 0 Å². The fraction of sp³-hybridized carbons (Fsp3) is 0.318. The number of hydrogen-bond acceptors (Lipinski definition) is 3. The van der Waals surface area contributed by atoms with Gasteiger partial charge in [0.2, 0.25) is 5.91 Å². The van der Waals surface area contributed by atoms with Crippen LogP contribution in [0.25, 0.3) is 6.08 Å². The first-order valence-corrected chi connectivity index (χ1v) is 9.96. The van der Waals surface area contributed by atoms with E-state index in [0.29, 0.717) is 6.54 Å². The van der Waals surface area contributed by atoms with Crippen LogP contribution in [0.5, 0.6) is 0 Å². The molecule has 1 aliphatic rings. The summed E-state index contributed by atoms with van der Waals surface area (Å²) in [5.74, 6) is -0.383. The van der Waals surface area contributed by atoms with Crippen molar-refractivity contribution in [3.8, 4) is 0 Å². The minimum atomic E-state index is -4.55. The zero-order chi connectivity index (χ0) is 21.7. The van der Waals surface area contributed by atoms with Gasteiger partial charge in [-0.05, 0) is 42.4 Å². The number of carbonyl (C=O) groups excluding carboxylic acids is 1. The molecule has 2 aromatic rings. The van der Waals surface area contributed by atoms with E-state index in [4.69, 9.17) is 11.6 Å². The van der Waals surface area contributed by atoms with Crippen molar-refractivity contribution in [2.45, 2.75) is 12.7 Å². The van der Waals surface area contributed by atoms with Gasteiger partial charge in [0.05, 0.1) is 10.6 Å². The van der Waals surface area contributed by atoms with Crippen LogP contribution in [0.4, 0.5) is 18.9 Å². The Labute approximate surface area is 178 Å². The number of rotatable bonds is 5. The van der Waals surface area contributed by atoms with E-state index in [0.717, 1.165) is 43.5 Å². The molecule has 0 bridgehead atoms. The fourth-order valence-corrected chi connectivity index (χ4v) is 3.52. The number of alkyl halides is 3. The Morgan fingerprint density at radius 1 is 1.13 bits per heavy atom. The minimum absolute atomic E-state index is 0.250. The van der Waals surface area contributed by atoms with E-state index in [1.807, 2.05) is 24.3 Å². The third kappa shape index (κ3) is 5.77. The third-order valence-electron chi connectivity index (χ3n) is 5.01. The Bertz CT molecular complexity index is 922. The second kappa shape index (κ2) is 9.53. The number of nitrogens with one attached hydrogen (secondary N) is 1. The van der Waals surface area contributed by atoms with Crippen LogP contribution in [0.15, 0.2) is 48.5 Å². The van der Waals surface area contributed by atoms with Gasteiger partial charge in [-0.15, -0.1) is 0 Å². The lowest BCUT2D eigenvalue weighted by atomic mass is 10.1. The lowest BCUT2D eigenvalue weighted by molar-refractivity contribution is -0.137. The summed E-state index contributed by atoms with van der Waals surface area (Å²) < 4.78 is 38.9. The normalized spacial score (nSPS) is 15.6. The molecule has 1 amide bonds. The largest absolute Gasteiger partial charge is 0.417 e. The predicted molar refractivity (Wildman–Crippen MR) is 113 cm³/mol. The minimum Gasteiger partial charge on any atom is -0.369 e.